The van der Waals surface area contributed by atoms with Crippen LogP contribution in [0.3, 0.4) is 0 Å². The lowest BCUT2D eigenvalue weighted by molar-refractivity contribution is 0.0570. The molecule has 4 heteroatoms. The summed E-state index contributed by atoms with van der Waals surface area (Å²) < 4.78 is 0. The minimum atomic E-state index is 0.0768. The van der Waals surface area contributed by atoms with Gasteiger partial charge in [0.2, 0.25) is 0 Å². The van der Waals surface area contributed by atoms with Crippen molar-refractivity contribution in [1.82, 2.24) is 14.8 Å². The van der Waals surface area contributed by atoms with Gasteiger partial charge in [0, 0.05) is 26.3 Å². The second kappa shape index (κ2) is 7.22. The summed E-state index contributed by atoms with van der Waals surface area (Å²) in [6.07, 6.45) is 4.05. The zero-order chi connectivity index (χ0) is 17.0. The van der Waals surface area contributed by atoms with E-state index >= 15 is 0 Å². The summed E-state index contributed by atoms with van der Waals surface area (Å²) in [6.45, 7) is 6.33. The molecular formula is C20H27N3O. The van der Waals surface area contributed by atoms with Crippen LogP contribution in [0.4, 0.5) is 0 Å². The average Bonchev–Trinajstić information content (AvgIpc) is 3.12. The molecule has 1 aromatic heterocycles. The summed E-state index contributed by atoms with van der Waals surface area (Å²) in [7, 11) is 1.91. The van der Waals surface area contributed by atoms with Crippen molar-refractivity contribution in [1.29, 1.82) is 0 Å². The Morgan fingerprint density at radius 1 is 1.17 bits per heavy atom. The predicted molar refractivity (Wildman–Crippen MR) is 96.8 cm³/mol. The van der Waals surface area contributed by atoms with Gasteiger partial charge in [0.15, 0.2) is 0 Å². The number of likely N-dealkylation sites (tertiary alicyclic amines) is 1. The van der Waals surface area contributed by atoms with Crippen LogP contribution < -0.4 is 0 Å². The van der Waals surface area contributed by atoms with Crippen molar-refractivity contribution in [3.8, 4) is 0 Å². The third-order valence-corrected chi connectivity index (χ3v) is 5.11. The van der Waals surface area contributed by atoms with Gasteiger partial charge in [-0.2, -0.15) is 0 Å². The number of amides is 1. The second-order valence-corrected chi connectivity index (χ2v) is 7.32. The molecule has 0 atom stereocenters. The molecule has 24 heavy (non-hydrogen) atoms. The Morgan fingerprint density at radius 2 is 1.88 bits per heavy atom. The first-order valence-corrected chi connectivity index (χ1v) is 8.71. The molecule has 128 valence electrons. The first-order valence-electron chi connectivity index (χ1n) is 8.71. The van der Waals surface area contributed by atoms with Gasteiger partial charge in [-0.25, -0.2) is 0 Å². The van der Waals surface area contributed by atoms with Crippen LogP contribution in [0.25, 0.3) is 0 Å². The Kier molecular flexibility index (Phi) is 5.05. The van der Waals surface area contributed by atoms with Crippen LogP contribution in [0.1, 0.15) is 35.8 Å². The highest BCUT2D eigenvalue weighted by Gasteiger charge is 2.32. The Bertz CT molecular complexity index is 643. The number of aromatic nitrogens is 1. The van der Waals surface area contributed by atoms with E-state index in [2.05, 4.69) is 47.1 Å². The van der Waals surface area contributed by atoms with Crippen LogP contribution in [0, 0.1) is 5.41 Å². The maximum Gasteiger partial charge on any atom is 0.270 e. The Morgan fingerprint density at radius 3 is 2.50 bits per heavy atom. The number of hydrogen-bond donors (Lipinski definition) is 1. The SMILES string of the molecule is CN(CC1(C)CCN(Cc2ccccc2)CC1)C(=O)c1ccc[nH]1. The van der Waals surface area contributed by atoms with E-state index < -0.39 is 0 Å². The fraction of sp³-hybridized carbons (Fsp3) is 0.450. The highest BCUT2D eigenvalue weighted by molar-refractivity contribution is 5.92. The normalized spacial score (nSPS) is 17.6. The maximum absolute atomic E-state index is 12.4. The molecule has 1 N–H and O–H groups in total. The third-order valence-electron chi connectivity index (χ3n) is 5.11. The number of carbonyl (C=O) groups excluding carboxylic acids is 1. The summed E-state index contributed by atoms with van der Waals surface area (Å²) in [5.74, 6) is 0.0768. The van der Waals surface area contributed by atoms with E-state index in [0.717, 1.165) is 39.0 Å². The third kappa shape index (κ3) is 4.06. The highest BCUT2D eigenvalue weighted by atomic mass is 16.2. The van der Waals surface area contributed by atoms with E-state index in [1.54, 1.807) is 6.20 Å². The Labute approximate surface area is 144 Å². The number of H-pyrrole nitrogens is 1. The molecule has 1 amide bonds. The van der Waals surface area contributed by atoms with Gasteiger partial charge < -0.3 is 9.88 Å². The van der Waals surface area contributed by atoms with E-state index in [1.807, 2.05) is 24.1 Å². The summed E-state index contributed by atoms with van der Waals surface area (Å²) in [6, 6.07) is 14.4. The fourth-order valence-corrected chi connectivity index (χ4v) is 3.56. The molecule has 0 unspecified atom stereocenters. The molecule has 1 fully saturated rings. The van der Waals surface area contributed by atoms with E-state index in [1.165, 1.54) is 5.56 Å². The van der Waals surface area contributed by atoms with Crippen LogP contribution in [0.2, 0.25) is 0 Å². The van der Waals surface area contributed by atoms with Crippen LogP contribution in [-0.4, -0.2) is 47.4 Å². The fourth-order valence-electron chi connectivity index (χ4n) is 3.56. The van der Waals surface area contributed by atoms with Gasteiger partial charge in [0.1, 0.15) is 5.69 Å². The van der Waals surface area contributed by atoms with Crippen molar-refractivity contribution in [2.24, 2.45) is 5.41 Å². The molecule has 0 bridgehead atoms. The zero-order valence-electron chi connectivity index (χ0n) is 14.7. The van der Waals surface area contributed by atoms with Crippen LogP contribution in [-0.2, 0) is 6.54 Å². The lowest BCUT2D eigenvalue weighted by atomic mass is 9.79. The Balaban J connectivity index is 1.52. The molecule has 2 heterocycles. The van der Waals surface area contributed by atoms with Gasteiger partial charge in [-0.15, -0.1) is 0 Å². The summed E-state index contributed by atoms with van der Waals surface area (Å²) in [5, 5.41) is 0. The van der Waals surface area contributed by atoms with Crippen molar-refractivity contribution >= 4 is 5.91 Å². The number of carbonyl (C=O) groups is 1. The van der Waals surface area contributed by atoms with Gasteiger partial charge in [0.05, 0.1) is 0 Å². The van der Waals surface area contributed by atoms with Gasteiger partial charge >= 0.3 is 0 Å². The van der Waals surface area contributed by atoms with Crippen molar-refractivity contribution in [2.75, 3.05) is 26.7 Å². The lowest BCUT2D eigenvalue weighted by Gasteiger charge is -2.41. The molecule has 0 aliphatic carbocycles. The molecule has 1 saturated heterocycles. The van der Waals surface area contributed by atoms with E-state index in [9.17, 15) is 4.79 Å². The first kappa shape index (κ1) is 16.8. The average molecular weight is 325 g/mol. The topological polar surface area (TPSA) is 39.3 Å². The van der Waals surface area contributed by atoms with Gasteiger partial charge in [-0.05, 0) is 49.0 Å². The highest BCUT2D eigenvalue weighted by Crippen LogP contribution is 2.32. The summed E-state index contributed by atoms with van der Waals surface area (Å²) in [5.41, 5.74) is 2.24. The predicted octanol–water partition coefficient (Wildman–Crippen LogP) is 3.39. The monoisotopic (exact) mass is 325 g/mol. The number of rotatable bonds is 5. The van der Waals surface area contributed by atoms with Gasteiger partial charge in [-0.1, -0.05) is 37.3 Å². The molecular weight excluding hydrogens is 298 g/mol. The van der Waals surface area contributed by atoms with Crippen LogP contribution in [0.15, 0.2) is 48.7 Å². The minimum absolute atomic E-state index is 0.0768. The summed E-state index contributed by atoms with van der Waals surface area (Å²) in [4.78, 5) is 19.8. The van der Waals surface area contributed by atoms with Crippen LogP contribution in [0.5, 0.6) is 0 Å². The molecule has 0 radical (unpaired) electrons. The van der Waals surface area contributed by atoms with Crippen molar-refractivity contribution in [3.63, 3.8) is 0 Å². The number of aromatic amines is 1. The molecule has 2 aromatic rings. The number of hydrogen-bond acceptors (Lipinski definition) is 2. The van der Waals surface area contributed by atoms with Crippen molar-refractivity contribution in [2.45, 2.75) is 26.3 Å². The van der Waals surface area contributed by atoms with E-state index in [4.69, 9.17) is 0 Å². The second-order valence-electron chi connectivity index (χ2n) is 7.32. The summed E-state index contributed by atoms with van der Waals surface area (Å²) >= 11 is 0. The lowest BCUT2D eigenvalue weighted by Crippen LogP contribution is -2.45. The number of nitrogens with zero attached hydrogens (tertiary/aromatic N) is 2. The maximum atomic E-state index is 12.4. The number of piperidine rings is 1. The molecule has 4 nitrogen and oxygen atoms in total. The van der Waals surface area contributed by atoms with Gasteiger partial charge in [0.25, 0.3) is 5.91 Å². The molecule has 0 spiro atoms. The molecule has 1 aliphatic heterocycles. The van der Waals surface area contributed by atoms with Crippen molar-refractivity contribution in [3.05, 3.63) is 59.9 Å². The van der Waals surface area contributed by atoms with E-state index in [-0.39, 0.29) is 11.3 Å². The van der Waals surface area contributed by atoms with Crippen LogP contribution >= 0.6 is 0 Å². The number of nitrogens with one attached hydrogen (secondary N) is 1. The largest absolute Gasteiger partial charge is 0.357 e. The van der Waals surface area contributed by atoms with E-state index in [0.29, 0.717) is 5.69 Å². The smallest absolute Gasteiger partial charge is 0.270 e. The van der Waals surface area contributed by atoms with Gasteiger partial charge in [-0.3, -0.25) is 9.69 Å². The standard InChI is InChI=1S/C20H27N3O/c1-20(16-22(2)19(24)18-9-6-12-21-18)10-13-23(14-11-20)15-17-7-4-3-5-8-17/h3-9,12,21H,10-11,13-16H2,1-2H3. The van der Waals surface area contributed by atoms with Crippen molar-refractivity contribution < 1.29 is 4.79 Å². The molecule has 1 aliphatic rings. The Hall–Kier alpha value is -2.07. The molecule has 0 saturated carbocycles. The zero-order valence-corrected chi connectivity index (χ0v) is 14.7. The molecule has 3 rings (SSSR count). The molecule has 1 aromatic carbocycles. The first-order chi connectivity index (χ1) is 11.6. The quantitative estimate of drug-likeness (QED) is 0.915. The minimum Gasteiger partial charge on any atom is -0.357 e. The number of benzene rings is 1.